The summed E-state index contributed by atoms with van der Waals surface area (Å²) in [5, 5.41) is 0. The second-order valence-electron chi connectivity index (χ2n) is 5.06. The maximum absolute atomic E-state index is 12.7. The summed E-state index contributed by atoms with van der Waals surface area (Å²) < 4.78 is 6.90. The summed E-state index contributed by atoms with van der Waals surface area (Å²) in [5.74, 6) is 0. The van der Waals surface area contributed by atoms with Gasteiger partial charge in [-0.15, -0.1) is 0 Å². The van der Waals surface area contributed by atoms with Gasteiger partial charge in [0.25, 0.3) is 5.56 Å². The van der Waals surface area contributed by atoms with Crippen LogP contribution in [0.2, 0.25) is 0 Å². The fraction of sp³-hybridized carbons (Fsp3) is 0.353. The van der Waals surface area contributed by atoms with E-state index in [-0.39, 0.29) is 12.1 Å². The minimum Gasteiger partial charge on any atom is -0.385 e. The van der Waals surface area contributed by atoms with Crippen LogP contribution in [0.5, 0.6) is 0 Å². The van der Waals surface area contributed by atoms with E-state index in [1.807, 2.05) is 47.9 Å². The molecule has 0 spiro atoms. The van der Waals surface area contributed by atoms with E-state index in [1.54, 1.807) is 7.11 Å². The molecule has 0 saturated carbocycles. The first kappa shape index (κ1) is 15.5. The first-order valence-corrected chi connectivity index (χ1v) is 7.16. The zero-order valence-electron chi connectivity index (χ0n) is 12.6. The highest BCUT2D eigenvalue weighted by atomic mass is 16.5. The molecule has 0 saturated heterocycles. The van der Waals surface area contributed by atoms with Crippen molar-refractivity contribution in [2.24, 2.45) is 5.73 Å². The van der Waals surface area contributed by atoms with Gasteiger partial charge in [-0.05, 0) is 30.5 Å². The van der Waals surface area contributed by atoms with Crippen LogP contribution in [0.1, 0.15) is 17.5 Å². The molecular weight excluding hydrogens is 264 g/mol. The van der Waals surface area contributed by atoms with Gasteiger partial charge >= 0.3 is 0 Å². The standard InChI is InChI=1S/C17H22N2O2/c1-13-11-16(14-7-4-3-5-8-14)19(9-6-10-21-2)17(20)15(13)12-18/h3-5,7-8,11H,6,9-10,12,18H2,1-2H3. The van der Waals surface area contributed by atoms with Crippen LogP contribution in [0.25, 0.3) is 11.3 Å². The molecular formula is C17H22N2O2. The lowest BCUT2D eigenvalue weighted by Crippen LogP contribution is -2.28. The predicted octanol–water partition coefficient (Wildman–Crippen LogP) is 2.32. The van der Waals surface area contributed by atoms with Gasteiger partial charge in [0, 0.05) is 32.4 Å². The molecule has 0 atom stereocenters. The number of aromatic nitrogens is 1. The Morgan fingerprint density at radius 2 is 1.95 bits per heavy atom. The Balaban J connectivity index is 2.54. The lowest BCUT2D eigenvalue weighted by atomic mass is 10.0. The molecule has 1 aromatic heterocycles. The maximum Gasteiger partial charge on any atom is 0.255 e. The van der Waals surface area contributed by atoms with Crippen LogP contribution in [0.15, 0.2) is 41.2 Å². The molecule has 112 valence electrons. The van der Waals surface area contributed by atoms with Crippen molar-refractivity contribution in [3.8, 4) is 11.3 Å². The van der Waals surface area contributed by atoms with Crippen molar-refractivity contribution in [1.29, 1.82) is 0 Å². The summed E-state index contributed by atoms with van der Waals surface area (Å²) in [5.41, 5.74) is 9.35. The molecule has 0 aliphatic carbocycles. The van der Waals surface area contributed by atoms with Gasteiger partial charge in [0.15, 0.2) is 0 Å². The Bertz CT molecular complexity index is 648. The number of rotatable bonds is 6. The summed E-state index contributed by atoms with van der Waals surface area (Å²) in [7, 11) is 1.67. The molecule has 4 nitrogen and oxygen atoms in total. The number of hydrogen-bond donors (Lipinski definition) is 1. The third kappa shape index (κ3) is 3.40. The van der Waals surface area contributed by atoms with Crippen molar-refractivity contribution in [2.75, 3.05) is 13.7 Å². The van der Waals surface area contributed by atoms with E-state index in [0.717, 1.165) is 23.2 Å². The lowest BCUT2D eigenvalue weighted by Gasteiger charge is -2.16. The average Bonchev–Trinajstić information content (AvgIpc) is 2.50. The number of hydrogen-bond acceptors (Lipinski definition) is 3. The third-order valence-corrected chi connectivity index (χ3v) is 3.63. The first-order chi connectivity index (χ1) is 10.2. The normalized spacial score (nSPS) is 10.8. The molecule has 0 fully saturated rings. The highest BCUT2D eigenvalue weighted by Gasteiger charge is 2.12. The van der Waals surface area contributed by atoms with E-state index < -0.39 is 0 Å². The molecule has 4 heteroatoms. The molecule has 2 aromatic rings. The molecule has 21 heavy (non-hydrogen) atoms. The molecule has 0 aliphatic rings. The zero-order chi connectivity index (χ0) is 15.2. The molecule has 2 rings (SSSR count). The second-order valence-corrected chi connectivity index (χ2v) is 5.06. The van der Waals surface area contributed by atoms with Crippen molar-refractivity contribution >= 4 is 0 Å². The number of pyridine rings is 1. The van der Waals surface area contributed by atoms with Gasteiger partial charge in [-0.1, -0.05) is 30.3 Å². The first-order valence-electron chi connectivity index (χ1n) is 7.16. The minimum absolute atomic E-state index is 0.00690. The van der Waals surface area contributed by atoms with E-state index in [2.05, 4.69) is 0 Å². The smallest absolute Gasteiger partial charge is 0.255 e. The van der Waals surface area contributed by atoms with Crippen LogP contribution in [-0.2, 0) is 17.8 Å². The number of aryl methyl sites for hydroxylation is 1. The van der Waals surface area contributed by atoms with Gasteiger partial charge in [-0.3, -0.25) is 4.79 Å². The highest BCUT2D eigenvalue weighted by molar-refractivity contribution is 5.61. The van der Waals surface area contributed by atoms with Crippen molar-refractivity contribution < 1.29 is 4.74 Å². The molecule has 0 bridgehead atoms. The zero-order valence-corrected chi connectivity index (χ0v) is 12.6. The van der Waals surface area contributed by atoms with Crippen molar-refractivity contribution in [3.05, 3.63) is 57.9 Å². The highest BCUT2D eigenvalue weighted by Crippen LogP contribution is 2.20. The molecule has 0 radical (unpaired) electrons. The number of nitrogens with two attached hydrogens (primary N) is 1. The lowest BCUT2D eigenvalue weighted by molar-refractivity contribution is 0.190. The SMILES string of the molecule is COCCCn1c(-c2ccccc2)cc(C)c(CN)c1=O. The fourth-order valence-corrected chi connectivity index (χ4v) is 2.50. The van der Waals surface area contributed by atoms with Crippen LogP contribution >= 0.6 is 0 Å². The molecule has 1 heterocycles. The Morgan fingerprint density at radius 1 is 1.24 bits per heavy atom. The van der Waals surface area contributed by atoms with E-state index in [4.69, 9.17) is 10.5 Å². The predicted molar refractivity (Wildman–Crippen MR) is 85.3 cm³/mol. The summed E-state index contributed by atoms with van der Waals surface area (Å²) in [6.45, 7) is 3.47. The second kappa shape index (κ2) is 7.20. The molecule has 0 unspecified atom stereocenters. The summed E-state index contributed by atoms with van der Waals surface area (Å²) >= 11 is 0. The monoisotopic (exact) mass is 286 g/mol. The van der Waals surface area contributed by atoms with E-state index in [0.29, 0.717) is 18.7 Å². The van der Waals surface area contributed by atoms with Crippen molar-refractivity contribution in [3.63, 3.8) is 0 Å². The van der Waals surface area contributed by atoms with Gasteiger partial charge in [-0.2, -0.15) is 0 Å². The van der Waals surface area contributed by atoms with Crippen LogP contribution in [0.3, 0.4) is 0 Å². The summed E-state index contributed by atoms with van der Waals surface area (Å²) in [6, 6.07) is 12.0. The number of ether oxygens (including phenoxy) is 1. The van der Waals surface area contributed by atoms with Gasteiger partial charge < -0.3 is 15.0 Å². The van der Waals surface area contributed by atoms with Crippen LogP contribution in [0, 0.1) is 6.92 Å². The quantitative estimate of drug-likeness (QED) is 0.829. The topological polar surface area (TPSA) is 57.2 Å². The number of methoxy groups -OCH3 is 1. The van der Waals surface area contributed by atoms with E-state index >= 15 is 0 Å². The molecule has 0 aliphatic heterocycles. The average molecular weight is 286 g/mol. The molecule has 2 N–H and O–H groups in total. The van der Waals surface area contributed by atoms with E-state index in [9.17, 15) is 4.79 Å². The molecule has 1 aromatic carbocycles. The third-order valence-electron chi connectivity index (χ3n) is 3.63. The minimum atomic E-state index is 0.00690. The van der Waals surface area contributed by atoms with Gasteiger partial charge in [0.1, 0.15) is 0 Å². The number of benzene rings is 1. The Kier molecular flexibility index (Phi) is 5.31. The van der Waals surface area contributed by atoms with Crippen molar-refractivity contribution in [1.82, 2.24) is 4.57 Å². The van der Waals surface area contributed by atoms with Crippen LogP contribution < -0.4 is 11.3 Å². The van der Waals surface area contributed by atoms with Crippen molar-refractivity contribution in [2.45, 2.75) is 26.4 Å². The van der Waals surface area contributed by atoms with Crippen LogP contribution in [0.4, 0.5) is 0 Å². The van der Waals surface area contributed by atoms with Gasteiger partial charge in [0.2, 0.25) is 0 Å². The fourth-order valence-electron chi connectivity index (χ4n) is 2.50. The van der Waals surface area contributed by atoms with Crippen LogP contribution in [-0.4, -0.2) is 18.3 Å². The Morgan fingerprint density at radius 3 is 2.57 bits per heavy atom. The van der Waals surface area contributed by atoms with Gasteiger partial charge in [-0.25, -0.2) is 0 Å². The van der Waals surface area contributed by atoms with E-state index in [1.165, 1.54) is 0 Å². The Labute approximate surface area is 125 Å². The number of nitrogens with zero attached hydrogens (tertiary/aromatic N) is 1. The summed E-state index contributed by atoms with van der Waals surface area (Å²) in [6.07, 6.45) is 0.795. The molecule has 0 amide bonds. The largest absolute Gasteiger partial charge is 0.385 e. The van der Waals surface area contributed by atoms with Gasteiger partial charge in [0.05, 0.1) is 5.69 Å². The Hall–Kier alpha value is -1.91. The summed E-state index contributed by atoms with van der Waals surface area (Å²) in [4.78, 5) is 12.7. The maximum atomic E-state index is 12.7.